The van der Waals surface area contributed by atoms with Gasteiger partial charge in [-0.2, -0.15) is 0 Å². The van der Waals surface area contributed by atoms with Crippen molar-refractivity contribution in [3.8, 4) is 0 Å². The van der Waals surface area contributed by atoms with Gasteiger partial charge in [0.25, 0.3) is 0 Å². The van der Waals surface area contributed by atoms with Crippen LogP contribution in [0.1, 0.15) is 13.8 Å². The molecule has 2 aliphatic heterocycles. The first-order valence-corrected chi connectivity index (χ1v) is 23.2. The van der Waals surface area contributed by atoms with Crippen molar-refractivity contribution in [2.75, 3.05) is 0 Å². The summed E-state index contributed by atoms with van der Waals surface area (Å²) in [7, 11) is -1.66. The van der Waals surface area contributed by atoms with Crippen molar-refractivity contribution in [2.24, 2.45) is 0 Å². The average molecular weight is 777 g/mol. The van der Waals surface area contributed by atoms with E-state index in [4.69, 9.17) is 0 Å². The maximum atomic E-state index is 2.36. The van der Waals surface area contributed by atoms with Crippen LogP contribution < -0.4 is 31.7 Å². The molecule has 0 amide bonds. The Morgan fingerprint density at radius 1 is 0.308 bits per heavy atom. The standard InChI is InChI=1S/C46H34P2S4/c1-31-32(2)50-45(49-31)41-37-27-15-17-29-39(37)42(40-30-18-16-28-38(40)41)46-51-43(47(33-19-7-3-8-20-33)34-21-9-4-10-22-34)44(52-46)48(35-23-11-5-12-24-35)36-25-13-6-14-26-36/h3-30H,1-2H3. The average Bonchev–Trinajstić information content (AvgIpc) is 3.77. The number of fused-ring (bicyclic) bond motifs is 2. The fraction of sp³-hybridized carbons (Fsp3) is 0.0435. The monoisotopic (exact) mass is 776 g/mol. The Hall–Kier alpha value is -3.46. The van der Waals surface area contributed by atoms with E-state index in [1.165, 1.54) is 80.8 Å². The number of thioether (sulfide) groups is 4. The van der Waals surface area contributed by atoms with Crippen molar-refractivity contribution >= 4 is 114 Å². The quantitative estimate of drug-likeness (QED) is 0.122. The molecule has 0 bridgehead atoms. The van der Waals surface area contributed by atoms with E-state index in [2.05, 4.69) is 184 Å². The highest BCUT2D eigenvalue weighted by molar-refractivity contribution is 8.41. The van der Waals surface area contributed by atoms with Crippen molar-refractivity contribution in [1.29, 1.82) is 0 Å². The summed E-state index contributed by atoms with van der Waals surface area (Å²) in [6, 6.07) is 63.2. The molecule has 7 aromatic rings. The molecule has 0 radical (unpaired) electrons. The van der Waals surface area contributed by atoms with Crippen LogP contribution in [0.4, 0.5) is 0 Å². The van der Waals surface area contributed by atoms with Crippen molar-refractivity contribution in [2.45, 2.75) is 13.8 Å². The Morgan fingerprint density at radius 3 is 0.846 bits per heavy atom. The van der Waals surface area contributed by atoms with Crippen molar-refractivity contribution < 1.29 is 0 Å². The fourth-order valence-electron chi connectivity index (χ4n) is 6.86. The minimum absolute atomic E-state index is 0.831. The topological polar surface area (TPSA) is 0 Å². The lowest BCUT2D eigenvalue weighted by atomic mass is 9.99. The molecule has 0 saturated heterocycles. The van der Waals surface area contributed by atoms with Gasteiger partial charge in [-0.3, -0.25) is 0 Å². The van der Waals surface area contributed by atoms with Gasteiger partial charge in [-0.25, -0.2) is 0 Å². The van der Waals surface area contributed by atoms with E-state index in [0.29, 0.717) is 0 Å². The Balaban J connectivity index is 1.38. The van der Waals surface area contributed by atoms with E-state index in [1.54, 1.807) is 0 Å². The van der Waals surface area contributed by atoms with Crippen molar-refractivity contribution in [1.82, 2.24) is 0 Å². The van der Waals surface area contributed by atoms with Gasteiger partial charge in [0, 0.05) is 19.7 Å². The van der Waals surface area contributed by atoms with E-state index in [-0.39, 0.29) is 0 Å². The Morgan fingerprint density at radius 2 is 0.558 bits per heavy atom. The van der Waals surface area contributed by atoms with Gasteiger partial charge >= 0.3 is 0 Å². The van der Waals surface area contributed by atoms with Gasteiger partial charge in [-0.05, 0) is 82.3 Å². The first-order valence-electron chi connectivity index (χ1n) is 17.3. The minimum Gasteiger partial charge on any atom is -0.0860 e. The molecule has 0 fully saturated rings. The molecule has 7 aromatic carbocycles. The van der Waals surface area contributed by atoms with E-state index in [9.17, 15) is 0 Å². The van der Waals surface area contributed by atoms with Gasteiger partial charge in [-0.1, -0.05) is 217 Å². The van der Waals surface area contributed by atoms with E-state index >= 15 is 0 Å². The molecule has 52 heavy (non-hydrogen) atoms. The first-order chi connectivity index (χ1) is 25.7. The normalized spacial score (nSPS) is 14.9. The van der Waals surface area contributed by atoms with Gasteiger partial charge in [0.1, 0.15) is 0 Å². The zero-order valence-electron chi connectivity index (χ0n) is 28.7. The highest BCUT2D eigenvalue weighted by Gasteiger charge is 2.36. The van der Waals surface area contributed by atoms with Crippen LogP contribution in [-0.2, 0) is 0 Å². The summed E-state index contributed by atoms with van der Waals surface area (Å²) in [5.41, 5.74) is 0. The zero-order valence-corrected chi connectivity index (χ0v) is 33.7. The molecule has 2 heterocycles. The molecule has 2 aliphatic rings. The van der Waals surface area contributed by atoms with Gasteiger partial charge in [-0.15, -0.1) is 0 Å². The first kappa shape index (κ1) is 34.3. The molecule has 0 atom stereocenters. The van der Waals surface area contributed by atoms with Gasteiger partial charge in [0.15, 0.2) is 0 Å². The molecule has 0 spiro atoms. The van der Waals surface area contributed by atoms with E-state index in [1.807, 2.05) is 47.0 Å². The second-order valence-electron chi connectivity index (χ2n) is 12.6. The van der Waals surface area contributed by atoms with Crippen LogP contribution >= 0.6 is 62.9 Å². The summed E-state index contributed by atoms with van der Waals surface area (Å²) in [6.45, 7) is 4.51. The van der Waals surface area contributed by atoms with Crippen LogP contribution in [0.2, 0.25) is 0 Å². The van der Waals surface area contributed by atoms with Crippen LogP contribution in [0.3, 0.4) is 0 Å². The molecule has 0 saturated carbocycles. The van der Waals surface area contributed by atoms with Crippen LogP contribution in [0.5, 0.6) is 0 Å². The lowest BCUT2D eigenvalue weighted by Crippen LogP contribution is -2.17. The van der Waals surface area contributed by atoms with Gasteiger partial charge in [0.2, 0.25) is 0 Å². The molecule has 0 aliphatic carbocycles. The van der Waals surface area contributed by atoms with E-state index in [0.717, 1.165) is 0 Å². The number of hydrogen-bond acceptors (Lipinski definition) is 4. The van der Waals surface area contributed by atoms with Crippen molar-refractivity contribution in [3.63, 3.8) is 0 Å². The lowest BCUT2D eigenvalue weighted by Gasteiger charge is -2.25. The van der Waals surface area contributed by atoms with Crippen molar-refractivity contribution in [3.05, 3.63) is 199 Å². The Kier molecular flexibility index (Phi) is 9.97. The number of rotatable bonds is 6. The fourth-order valence-corrected chi connectivity index (χ4v) is 19.7. The molecule has 252 valence electrons. The molecule has 0 nitrogen and oxygen atoms in total. The number of benzene rings is 7. The summed E-state index contributed by atoms with van der Waals surface area (Å²) in [6.07, 6.45) is 0. The summed E-state index contributed by atoms with van der Waals surface area (Å²) in [5, 5.41) is 13.6. The third kappa shape index (κ3) is 6.43. The number of hydrogen-bond donors (Lipinski definition) is 0. The Bertz CT molecular complexity index is 2380. The summed E-state index contributed by atoms with van der Waals surface area (Å²) in [5.74, 6) is 0. The zero-order chi connectivity index (χ0) is 35.0. The van der Waals surface area contributed by atoms with Crippen LogP contribution in [0.15, 0.2) is 189 Å². The van der Waals surface area contributed by atoms with Gasteiger partial charge < -0.3 is 0 Å². The van der Waals surface area contributed by atoms with Crippen LogP contribution in [-0.4, -0.2) is 0 Å². The summed E-state index contributed by atoms with van der Waals surface area (Å²) >= 11 is 7.93. The highest BCUT2D eigenvalue weighted by atomic mass is 32.2. The predicted molar refractivity (Wildman–Crippen MR) is 241 cm³/mol. The third-order valence-electron chi connectivity index (χ3n) is 9.35. The summed E-state index contributed by atoms with van der Waals surface area (Å²) < 4.78 is 5.76. The minimum atomic E-state index is -0.831. The predicted octanol–water partition coefficient (Wildman–Crippen LogP) is 11.7. The molecule has 6 heteroatoms. The molecular formula is C46H34P2S4. The second-order valence-corrected chi connectivity index (χ2v) is 22.5. The molecule has 0 unspecified atom stereocenters. The smallest absolute Gasteiger partial charge is 0.0585 e. The molecule has 0 N–H and O–H groups in total. The lowest BCUT2D eigenvalue weighted by molar-refractivity contribution is 1.57. The molecule has 0 aromatic heterocycles. The largest absolute Gasteiger partial charge is 0.0860 e. The second kappa shape index (κ2) is 15.1. The van der Waals surface area contributed by atoms with Crippen LogP contribution in [0.25, 0.3) is 30.0 Å². The highest BCUT2D eigenvalue weighted by Crippen LogP contribution is 2.70. The Labute approximate surface area is 325 Å². The summed E-state index contributed by atoms with van der Waals surface area (Å²) in [4.78, 5) is 2.80. The van der Waals surface area contributed by atoms with Crippen LogP contribution in [0, 0.1) is 0 Å². The molecule has 9 rings (SSSR count). The maximum absolute atomic E-state index is 2.36. The van der Waals surface area contributed by atoms with Gasteiger partial charge in [0.05, 0.1) is 8.47 Å². The molecular weight excluding hydrogens is 743 g/mol. The SMILES string of the molecule is CC1=C(C)SC(=c2c3ccccc3c(=C3SC(P(c4ccccc4)c4ccccc4)=C(P(c4ccccc4)c4ccccc4)S3)c3ccccc23)S1. The maximum Gasteiger partial charge on any atom is 0.0585 e. The van der Waals surface area contributed by atoms with E-state index < -0.39 is 15.8 Å². The number of allylic oxidation sites excluding steroid dienone is 2. The third-order valence-corrected chi connectivity index (χ3v) is 20.8.